The monoisotopic (exact) mass is 355 g/mol. The Morgan fingerprint density at radius 3 is 2.08 bits per heavy atom. The van der Waals surface area contributed by atoms with Crippen LogP contribution in [0.1, 0.15) is 35.7 Å². The Balaban J connectivity index is 2.56. The molecule has 6 nitrogen and oxygen atoms in total. The van der Waals surface area contributed by atoms with Gasteiger partial charge in [0, 0.05) is 17.4 Å². The molecule has 6 heteroatoms. The third-order valence-corrected chi connectivity index (χ3v) is 4.28. The number of Topliss-reactive ketones (excluding diaryl/α,β-unsaturated/α-hetero) is 1. The molecule has 0 radical (unpaired) electrons. The van der Waals surface area contributed by atoms with Gasteiger partial charge in [-0.05, 0) is 12.5 Å². The third-order valence-electron chi connectivity index (χ3n) is 4.28. The van der Waals surface area contributed by atoms with E-state index in [1.54, 1.807) is 67.6 Å². The van der Waals surface area contributed by atoms with Crippen LogP contribution in [0.2, 0.25) is 0 Å². The van der Waals surface area contributed by atoms with Crippen LogP contribution >= 0.6 is 0 Å². The highest BCUT2D eigenvalue weighted by Crippen LogP contribution is 2.33. The van der Waals surface area contributed by atoms with Crippen molar-refractivity contribution in [3.8, 4) is 0 Å². The molecule has 0 spiro atoms. The lowest BCUT2D eigenvalue weighted by molar-refractivity contribution is -0.523. The van der Waals surface area contributed by atoms with Crippen molar-refractivity contribution in [2.45, 2.75) is 25.8 Å². The molecule has 0 saturated heterocycles. The molecular weight excluding hydrogens is 334 g/mol. The van der Waals surface area contributed by atoms with Gasteiger partial charge in [-0.15, -0.1) is 0 Å². The number of hydrogen-bond acceptors (Lipinski definition) is 5. The van der Waals surface area contributed by atoms with Gasteiger partial charge in [-0.3, -0.25) is 19.7 Å². The summed E-state index contributed by atoms with van der Waals surface area (Å²) in [4.78, 5) is 36.7. The van der Waals surface area contributed by atoms with E-state index in [0.717, 1.165) is 0 Å². The fourth-order valence-electron chi connectivity index (χ4n) is 2.99. The van der Waals surface area contributed by atoms with Crippen molar-refractivity contribution in [1.29, 1.82) is 0 Å². The van der Waals surface area contributed by atoms with E-state index in [2.05, 4.69) is 0 Å². The molecule has 0 unspecified atom stereocenters. The minimum absolute atomic E-state index is 0.0890. The highest BCUT2D eigenvalue weighted by atomic mass is 16.6. The molecule has 2 aromatic rings. The molecule has 3 atom stereocenters. The van der Waals surface area contributed by atoms with Gasteiger partial charge < -0.3 is 4.74 Å². The van der Waals surface area contributed by atoms with Crippen molar-refractivity contribution >= 4 is 11.8 Å². The van der Waals surface area contributed by atoms with E-state index in [0.29, 0.717) is 11.1 Å². The van der Waals surface area contributed by atoms with Crippen molar-refractivity contribution < 1.29 is 19.2 Å². The van der Waals surface area contributed by atoms with Crippen LogP contribution in [0.3, 0.4) is 0 Å². The van der Waals surface area contributed by atoms with E-state index in [1.807, 2.05) is 0 Å². The predicted molar refractivity (Wildman–Crippen MR) is 96.5 cm³/mol. The first-order chi connectivity index (χ1) is 12.5. The zero-order valence-corrected chi connectivity index (χ0v) is 14.7. The van der Waals surface area contributed by atoms with Crippen LogP contribution in [0, 0.1) is 16.0 Å². The van der Waals surface area contributed by atoms with Crippen LogP contribution in [0.25, 0.3) is 0 Å². The Hall–Kier alpha value is -3.02. The smallest absolute Gasteiger partial charge is 0.317 e. The molecule has 0 heterocycles. The third kappa shape index (κ3) is 4.33. The molecule has 2 aromatic carbocycles. The maximum Gasteiger partial charge on any atom is 0.317 e. The molecule has 0 aliphatic heterocycles. The highest BCUT2D eigenvalue weighted by molar-refractivity contribution is 6.09. The van der Waals surface area contributed by atoms with Gasteiger partial charge in [0.25, 0.3) is 0 Å². The second-order valence-electron chi connectivity index (χ2n) is 5.92. The Morgan fingerprint density at radius 2 is 1.58 bits per heavy atom. The van der Waals surface area contributed by atoms with Crippen LogP contribution in [0.5, 0.6) is 0 Å². The topological polar surface area (TPSA) is 86.5 Å². The summed E-state index contributed by atoms with van der Waals surface area (Å²) in [7, 11) is 0. The summed E-state index contributed by atoms with van der Waals surface area (Å²) in [6, 6.07) is 15.8. The zero-order valence-electron chi connectivity index (χ0n) is 14.7. The molecule has 136 valence electrons. The normalized spacial score (nSPS) is 14.1. The molecule has 0 N–H and O–H groups in total. The molecule has 0 saturated carbocycles. The first-order valence-electron chi connectivity index (χ1n) is 8.41. The second kappa shape index (κ2) is 8.89. The van der Waals surface area contributed by atoms with E-state index in [-0.39, 0.29) is 6.61 Å². The van der Waals surface area contributed by atoms with Crippen LogP contribution in [0.4, 0.5) is 0 Å². The zero-order chi connectivity index (χ0) is 19.1. The van der Waals surface area contributed by atoms with Crippen molar-refractivity contribution in [2.24, 2.45) is 5.92 Å². The largest absolute Gasteiger partial charge is 0.465 e. The Morgan fingerprint density at radius 1 is 1.04 bits per heavy atom. The maximum atomic E-state index is 13.1. The molecule has 2 rings (SSSR count). The van der Waals surface area contributed by atoms with Crippen LogP contribution in [0.15, 0.2) is 60.7 Å². The minimum Gasteiger partial charge on any atom is -0.465 e. The van der Waals surface area contributed by atoms with Crippen molar-refractivity contribution in [3.63, 3.8) is 0 Å². The van der Waals surface area contributed by atoms with Gasteiger partial charge in [-0.1, -0.05) is 60.7 Å². The lowest BCUT2D eigenvalue weighted by atomic mass is 9.77. The number of carbonyl (C=O) groups is 2. The summed E-state index contributed by atoms with van der Waals surface area (Å²) >= 11 is 0. The van der Waals surface area contributed by atoms with Gasteiger partial charge in [-0.25, -0.2) is 0 Å². The summed E-state index contributed by atoms with van der Waals surface area (Å²) in [5, 5.41) is 11.5. The lowest BCUT2D eigenvalue weighted by Crippen LogP contribution is -2.39. The summed E-state index contributed by atoms with van der Waals surface area (Å²) in [6.45, 7) is 3.13. The molecule has 0 aliphatic carbocycles. The van der Waals surface area contributed by atoms with E-state index >= 15 is 0 Å². The number of carbonyl (C=O) groups excluding carboxylic acids is 2. The quantitative estimate of drug-likeness (QED) is 0.238. The summed E-state index contributed by atoms with van der Waals surface area (Å²) in [5.74, 6) is -3.45. The van der Waals surface area contributed by atoms with Gasteiger partial charge in [0.2, 0.25) is 6.04 Å². The number of esters is 1. The summed E-state index contributed by atoms with van der Waals surface area (Å²) < 4.78 is 5.10. The van der Waals surface area contributed by atoms with Crippen molar-refractivity contribution in [2.75, 3.05) is 6.61 Å². The number of ketones is 1. The second-order valence-corrected chi connectivity index (χ2v) is 5.92. The van der Waals surface area contributed by atoms with Gasteiger partial charge >= 0.3 is 5.97 Å². The molecule has 0 aliphatic rings. The maximum absolute atomic E-state index is 13.1. The standard InChI is InChI=1S/C20H21NO5/c1-3-26-20(23)18(19(22)16-12-8-5-9-13-16)17(14(2)21(24)25)15-10-6-4-7-11-15/h4-14,17-18H,3H2,1-2H3/t14-,17+,18+/m1/s1. The first kappa shape index (κ1) is 19.3. The van der Waals surface area contributed by atoms with E-state index in [4.69, 9.17) is 4.74 Å². The first-order valence-corrected chi connectivity index (χ1v) is 8.41. The number of hydrogen-bond donors (Lipinski definition) is 0. The number of nitrogens with zero attached hydrogens (tertiary/aromatic N) is 1. The predicted octanol–water partition coefficient (Wildman–Crippen LogP) is 3.50. The average Bonchev–Trinajstić information content (AvgIpc) is 2.66. The Bertz CT molecular complexity index is 760. The van der Waals surface area contributed by atoms with Gasteiger partial charge in [0.1, 0.15) is 5.92 Å². The summed E-state index contributed by atoms with van der Waals surface area (Å²) in [5.41, 5.74) is 0.876. The fourth-order valence-corrected chi connectivity index (χ4v) is 2.99. The average molecular weight is 355 g/mol. The fraction of sp³-hybridized carbons (Fsp3) is 0.300. The molecule has 0 bridgehead atoms. The molecular formula is C20H21NO5. The van der Waals surface area contributed by atoms with E-state index < -0.39 is 34.6 Å². The number of benzene rings is 2. The van der Waals surface area contributed by atoms with E-state index in [1.165, 1.54) is 6.92 Å². The lowest BCUT2D eigenvalue weighted by Gasteiger charge is -2.26. The highest BCUT2D eigenvalue weighted by Gasteiger charge is 2.44. The van der Waals surface area contributed by atoms with Gasteiger partial charge in [-0.2, -0.15) is 0 Å². The van der Waals surface area contributed by atoms with Crippen molar-refractivity contribution in [3.05, 3.63) is 81.9 Å². The minimum atomic E-state index is -1.29. The SMILES string of the molecule is CCOC(=O)[C@H](C(=O)c1ccccc1)[C@H](c1ccccc1)[C@@H](C)[N+](=O)[O-]. The number of ether oxygens (including phenoxy) is 1. The van der Waals surface area contributed by atoms with Crippen LogP contribution < -0.4 is 0 Å². The molecule has 0 aromatic heterocycles. The van der Waals surface area contributed by atoms with Crippen LogP contribution in [-0.4, -0.2) is 29.3 Å². The Labute approximate surface area is 151 Å². The number of rotatable bonds is 8. The van der Waals surface area contributed by atoms with Crippen LogP contribution in [-0.2, 0) is 9.53 Å². The molecule has 0 fully saturated rings. The van der Waals surface area contributed by atoms with Crippen molar-refractivity contribution in [1.82, 2.24) is 0 Å². The molecule has 26 heavy (non-hydrogen) atoms. The number of nitro groups is 1. The van der Waals surface area contributed by atoms with Gasteiger partial charge in [0.15, 0.2) is 5.78 Å². The summed E-state index contributed by atoms with van der Waals surface area (Å²) in [6.07, 6.45) is 0. The molecule has 0 amide bonds. The van der Waals surface area contributed by atoms with Gasteiger partial charge in [0.05, 0.1) is 12.5 Å². The Kier molecular flexibility index (Phi) is 6.60. The van der Waals surface area contributed by atoms with E-state index in [9.17, 15) is 19.7 Å².